The predicted octanol–water partition coefficient (Wildman–Crippen LogP) is -9.83. The Bertz CT molecular complexity index is 871. The molecule has 26 heavy (non-hydrogen) atoms. The van der Waals surface area contributed by atoms with E-state index in [1.807, 2.05) is 0 Å². The summed E-state index contributed by atoms with van der Waals surface area (Å²) >= 11 is 0. The third-order valence-electron chi connectivity index (χ3n) is 3.46. The van der Waals surface area contributed by atoms with Gasteiger partial charge in [-0.25, -0.2) is 4.98 Å². The zero-order chi connectivity index (χ0) is 17.6. The van der Waals surface area contributed by atoms with Gasteiger partial charge in [0.2, 0.25) is 5.95 Å². The molecule has 0 radical (unpaired) electrons. The van der Waals surface area contributed by atoms with Crippen LogP contribution in [0.5, 0.6) is 0 Å². The average molecular weight is 407 g/mol. The molecular formula is C10H12N5Na2O8P. The number of imidazole rings is 1. The van der Waals surface area contributed by atoms with Crippen LogP contribution < -0.4 is 80.2 Å². The van der Waals surface area contributed by atoms with Crippen LogP contribution >= 0.6 is 7.82 Å². The third kappa shape index (κ3) is 4.94. The van der Waals surface area contributed by atoms with Gasteiger partial charge in [-0.1, -0.05) is 0 Å². The standard InChI is InChI=1S/C10H14N5O8P.2Na/c11-10-13-7-4(8(18)14-10)12-2-15(7)9-6(17)5(16)3(23-9)1-22-24(19,20)21;;/h2-3,5-6,9,16-17H,1H2,(H2,19,20,21)(H3,11,13,14,18);;/q;2*+1/p-2/t3-,5-,6?,9-;;/m1../s1. The number of rotatable bonds is 4. The van der Waals surface area contributed by atoms with E-state index < -0.39 is 44.5 Å². The normalized spacial score (nSPS) is 25.7. The number of aliphatic hydroxyl groups excluding tert-OH is 2. The van der Waals surface area contributed by atoms with Crippen LogP contribution in [0.2, 0.25) is 0 Å². The average Bonchev–Trinajstić information content (AvgIpc) is 3.00. The Morgan fingerprint density at radius 3 is 2.65 bits per heavy atom. The maximum atomic E-state index is 11.7. The summed E-state index contributed by atoms with van der Waals surface area (Å²) < 4.78 is 21.0. The van der Waals surface area contributed by atoms with E-state index in [-0.39, 0.29) is 76.2 Å². The minimum absolute atomic E-state index is 0. The number of phosphoric acid groups is 1. The second-order valence-electron chi connectivity index (χ2n) is 5.06. The van der Waals surface area contributed by atoms with Gasteiger partial charge in [0.05, 0.1) is 20.8 Å². The molecule has 0 bridgehead atoms. The number of nitrogens with one attached hydrogen (secondary N) is 1. The van der Waals surface area contributed by atoms with Crippen LogP contribution in [0.3, 0.4) is 0 Å². The molecule has 1 fully saturated rings. The molecular weight excluding hydrogens is 395 g/mol. The van der Waals surface area contributed by atoms with Crippen molar-refractivity contribution in [3.05, 3.63) is 16.7 Å². The van der Waals surface area contributed by atoms with Gasteiger partial charge < -0.3 is 39.6 Å². The first-order chi connectivity index (χ1) is 11.2. The molecule has 132 valence electrons. The molecule has 5 N–H and O–H groups in total. The number of H-pyrrole nitrogens is 1. The van der Waals surface area contributed by atoms with Gasteiger partial charge in [-0.05, 0) is 0 Å². The maximum Gasteiger partial charge on any atom is 1.00 e. The van der Waals surface area contributed by atoms with Crippen LogP contribution in [-0.2, 0) is 13.8 Å². The Hall–Kier alpha value is 0.140. The zero-order valence-corrected chi connectivity index (χ0v) is 18.7. The van der Waals surface area contributed by atoms with Crippen molar-refractivity contribution < 1.29 is 92.9 Å². The van der Waals surface area contributed by atoms with Gasteiger partial charge in [-0.15, -0.1) is 0 Å². The maximum absolute atomic E-state index is 11.7. The topological polar surface area (TPSA) is 212 Å². The first kappa shape index (κ1) is 24.2. The van der Waals surface area contributed by atoms with E-state index in [1.165, 1.54) is 0 Å². The Balaban J connectivity index is 0.00000169. The quantitative estimate of drug-likeness (QED) is 0.276. The molecule has 1 aliphatic rings. The summed E-state index contributed by atoms with van der Waals surface area (Å²) in [5.74, 6) is -0.194. The van der Waals surface area contributed by atoms with E-state index in [2.05, 4.69) is 19.5 Å². The van der Waals surface area contributed by atoms with Gasteiger partial charge in [-0.2, -0.15) is 4.98 Å². The minimum atomic E-state index is -5.26. The monoisotopic (exact) mass is 407 g/mol. The second kappa shape index (κ2) is 9.09. The van der Waals surface area contributed by atoms with Gasteiger partial charge >= 0.3 is 59.1 Å². The second-order valence-corrected chi connectivity index (χ2v) is 6.22. The minimum Gasteiger partial charge on any atom is -0.790 e. The molecule has 3 rings (SSSR count). The number of fused-ring (bicyclic) bond motifs is 1. The van der Waals surface area contributed by atoms with Gasteiger partial charge in [0, 0.05) is 0 Å². The molecule has 0 aromatic carbocycles. The molecule has 1 saturated heterocycles. The summed E-state index contributed by atoms with van der Waals surface area (Å²) in [6, 6.07) is 0. The number of anilines is 1. The summed E-state index contributed by atoms with van der Waals surface area (Å²) in [7, 11) is -5.26. The van der Waals surface area contributed by atoms with Gasteiger partial charge in [-0.3, -0.25) is 14.3 Å². The Labute approximate surface area is 189 Å². The largest absolute Gasteiger partial charge is 1.00 e. The molecule has 0 saturated carbocycles. The van der Waals surface area contributed by atoms with E-state index in [9.17, 15) is 29.4 Å². The molecule has 1 unspecified atom stereocenters. The number of hydrogen-bond acceptors (Lipinski definition) is 11. The first-order valence-electron chi connectivity index (χ1n) is 6.58. The van der Waals surface area contributed by atoms with E-state index >= 15 is 0 Å². The number of nitrogens with zero attached hydrogens (tertiary/aromatic N) is 3. The number of aromatic amines is 1. The fourth-order valence-corrected chi connectivity index (χ4v) is 2.72. The van der Waals surface area contributed by atoms with Crippen molar-refractivity contribution in [1.29, 1.82) is 0 Å². The Morgan fingerprint density at radius 2 is 2.04 bits per heavy atom. The Kier molecular flexibility index (Phi) is 8.46. The number of ether oxygens (including phenoxy) is 1. The summed E-state index contributed by atoms with van der Waals surface area (Å²) in [5.41, 5.74) is 4.77. The number of hydrogen-bond donors (Lipinski definition) is 4. The number of nitrogen functional groups attached to an aromatic ring is 1. The summed E-state index contributed by atoms with van der Waals surface area (Å²) in [4.78, 5) is 42.7. The van der Waals surface area contributed by atoms with Crippen LogP contribution in [0.1, 0.15) is 6.23 Å². The smallest absolute Gasteiger partial charge is 0.790 e. The van der Waals surface area contributed by atoms with Gasteiger partial charge in [0.1, 0.15) is 18.3 Å². The zero-order valence-electron chi connectivity index (χ0n) is 13.8. The molecule has 0 spiro atoms. The van der Waals surface area contributed by atoms with Crippen LogP contribution in [0, 0.1) is 0 Å². The molecule has 16 heteroatoms. The molecule has 0 aliphatic carbocycles. The van der Waals surface area contributed by atoms with E-state index in [4.69, 9.17) is 10.5 Å². The van der Waals surface area contributed by atoms with Crippen molar-refractivity contribution in [2.45, 2.75) is 24.5 Å². The predicted molar refractivity (Wildman–Crippen MR) is 72.0 cm³/mol. The number of aliphatic hydroxyl groups is 2. The summed E-state index contributed by atoms with van der Waals surface area (Å²) in [6.07, 6.45) is -4.46. The molecule has 3 heterocycles. The molecule has 1 aliphatic heterocycles. The van der Waals surface area contributed by atoms with Crippen molar-refractivity contribution >= 4 is 24.9 Å². The first-order valence-corrected chi connectivity index (χ1v) is 8.04. The SMILES string of the molecule is Nc1nc2c(ncn2[C@@H]2O[C@H](COP(=O)([O-])[O-])[C@@H](O)C2O)c(=O)[nH]1.[Na+].[Na+]. The van der Waals surface area contributed by atoms with Crippen LogP contribution in [-0.4, -0.2) is 54.7 Å². The Morgan fingerprint density at radius 1 is 1.38 bits per heavy atom. The number of phosphoric ester groups is 1. The molecule has 2 aromatic rings. The molecule has 4 atom stereocenters. The van der Waals surface area contributed by atoms with Crippen LogP contribution in [0.15, 0.2) is 11.1 Å². The number of nitrogens with two attached hydrogens (primary N) is 1. The molecule has 13 nitrogen and oxygen atoms in total. The van der Waals surface area contributed by atoms with E-state index in [1.54, 1.807) is 0 Å². The van der Waals surface area contributed by atoms with Gasteiger partial charge in [0.15, 0.2) is 17.4 Å². The number of aromatic nitrogens is 4. The molecule has 2 aromatic heterocycles. The van der Waals surface area contributed by atoms with Crippen molar-refractivity contribution in [1.82, 2.24) is 19.5 Å². The van der Waals surface area contributed by atoms with Gasteiger partial charge in [0.25, 0.3) is 5.56 Å². The van der Waals surface area contributed by atoms with Crippen molar-refractivity contribution in [2.24, 2.45) is 0 Å². The molecule has 0 amide bonds. The van der Waals surface area contributed by atoms with Crippen molar-refractivity contribution in [2.75, 3.05) is 12.3 Å². The summed E-state index contributed by atoms with van der Waals surface area (Å²) in [6.45, 7) is -0.776. The fourth-order valence-electron chi connectivity index (χ4n) is 2.39. The van der Waals surface area contributed by atoms with Crippen molar-refractivity contribution in [3.63, 3.8) is 0 Å². The third-order valence-corrected chi connectivity index (χ3v) is 3.92. The van der Waals surface area contributed by atoms with Crippen LogP contribution in [0.25, 0.3) is 11.2 Å². The van der Waals surface area contributed by atoms with Crippen LogP contribution in [0.4, 0.5) is 5.95 Å². The van der Waals surface area contributed by atoms with E-state index in [0.29, 0.717) is 0 Å². The van der Waals surface area contributed by atoms with E-state index in [0.717, 1.165) is 10.9 Å². The van der Waals surface area contributed by atoms with Crippen molar-refractivity contribution in [3.8, 4) is 0 Å². The summed E-state index contributed by atoms with van der Waals surface area (Å²) in [5, 5.41) is 20.0. The fraction of sp³-hybridized carbons (Fsp3) is 0.500.